The fourth-order valence-corrected chi connectivity index (χ4v) is 6.48. The highest BCUT2D eigenvalue weighted by molar-refractivity contribution is 7.42. The van der Waals surface area contributed by atoms with Crippen LogP contribution >= 0.6 is 7.82 Å². The third-order valence-electron chi connectivity index (χ3n) is 8.08. The van der Waals surface area contributed by atoms with Gasteiger partial charge in [-0.15, -0.1) is 0 Å². The lowest BCUT2D eigenvalue weighted by Crippen LogP contribution is -2.42. The molecule has 0 radical (unpaired) electrons. The highest BCUT2D eigenvalue weighted by Crippen LogP contribution is 2.45. The molecule has 0 amide bonds. The first kappa shape index (κ1) is 41.2. The van der Waals surface area contributed by atoms with Gasteiger partial charge in [0.1, 0.15) is 60.1 Å². The Morgan fingerprint density at radius 3 is 1.06 bits per heavy atom. The van der Waals surface area contributed by atoms with E-state index in [1.165, 1.54) is 0 Å². The molecule has 2 aliphatic heterocycles. The summed E-state index contributed by atoms with van der Waals surface area (Å²) in [5.41, 5.74) is 3.44. The summed E-state index contributed by atoms with van der Waals surface area (Å²) >= 11 is 0. The number of hydrogen-bond donors (Lipinski definition) is 1. The molecule has 0 bridgehead atoms. The van der Waals surface area contributed by atoms with E-state index in [-0.39, 0.29) is 24.1 Å². The molecule has 2 atom stereocenters. The number of hydrogen-bond acceptors (Lipinski definition) is 9. The van der Waals surface area contributed by atoms with Crippen molar-refractivity contribution in [3.8, 4) is 23.0 Å². The fraction of sp³-hybridized carbons (Fsp3) is 0.350. The number of para-hydroxylation sites is 4. The molecule has 0 aromatic heterocycles. The summed E-state index contributed by atoms with van der Waals surface area (Å²) in [6.45, 7) is 5.41. The molecule has 4 aromatic rings. The van der Waals surface area contributed by atoms with Crippen molar-refractivity contribution in [2.45, 2.75) is 37.9 Å². The molecule has 0 aliphatic carbocycles. The van der Waals surface area contributed by atoms with Gasteiger partial charge in [-0.25, -0.2) is 0 Å². The second-order valence-electron chi connectivity index (χ2n) is 15.1. The second-order valence-corrected chi connectivity index (χ2v) is 16.1. The van der Waals surface area contributed by atoms with Gasteiger partial charge in [-0.1, -0.05) is 72.8 Å². The lowest BCUT2D eigenvalue weighted by molar-refractivity contribution is -0.873. The van der Waals surface area contributed by atoms with Gasteiger partial charge in [0.2, 0.25) is 0 Å². The maximum Gasteiger partial charge on any atom is 0.318 e. The van der Waals surface area contributed by atoms with Crippen LogP contribution < -0.4 is 19.3 Å². The van der Waals surface area contributed by atoms with E-state index in [0.717, 1.165) is 67.3 Å². The van der Waals surface area contributed by atoms with Crippen molar-refractivity contribution in [3.63, 3.8) is 0 Å². The number of nitrogens with zero attached hydrogens (tertiary/aromatic N) is 2. The first-order valence-electron chi connectivity index (χ1n) is 17.2. The summed E-state index contributed by atoms with van der Waals surface area (Å²) in [5, 5.41) is 0. The number of quaternary nitrogens is 2. The van der Waals surface area contributed by atoms with Crippen molar-refractivity contribution in [1.82, 2.24) is 0 Å². The van der Waals surface area contributed by atoms with Gasteiger partial charge in [-0.05, 0) is 38.1 Å². The summed E-state index contributed by atoms with van der Waals surface area (Å²) in [6, 6.07) is 30.6. The third-order valence-corrected chi connectivity index (χ3v) is 8.08. The predicted molar refractivity (Wildman–Crippen MR) is 196 cm³/mol. The zero-order valence-corrected chi connectivity index (χ0v) is 32.3. The maximum absolute atomic E-state index is 12.9. The highest BCUT2D eigenvalue weighted by Gasteiger charge is 2.36. The number of phosphoric acid groups is 1. The van der Waals surface area contributed by atoms with E-state index >= 15 is 0 Å². The van der Waals surface area contributed by atoms with Gasteiger partial charge in [-0.2, -0.15) is 0 Å². The summed E-state index contributed by atoms with van der Waals surface area (Å²) in [7, 11) is 7.38. The van der Waals surface area contributed by atoms with Crippen molar-refractivity contribution in [3.05, 3.63) is 119 Å². The Hall–Kier alpha value is -4.55. The normalized spacial score (nSPS) is 14.7. The van der Waals surface area contributed by atoms with Crippen LogP contribution in [0.2, 0.25) is 0 Å². The molecule has 4 aromatic carbocycles. The lowest BCUT2D eigenvalue weighted by atomic mass is 9.88. The van der Waals surface area contributed by atoms with Gasteiger partial charge < -0.3 is 47.2 Å². The van der Waals surface area contributed by atoms with E-state index in [1.54, 1.807) is 0 Å². The monoisotopic (exact) mass is 748 g/mol. The van der Waals surface area contributed by atoms with E-state index in [1.807, 2.05) is 111 Å². The Labute approximate surface area is 311 Å². The number of likely N-dealkylation sites (N-methyl/N-ethyl adjacent to an activating group) is 2. The number of esters is 2. The molecule has 12 nitrogen and oxygen atoms in total. The van der Waals surface area contributed by atoms with Crippen molar-refractivity contribution in [1.29, 1.82) is 0 Å². The number of fused-ring (bicyclic) bond motifs is 4. The van der Waals surface area contributed by atoms with Crippen LogP contribution in [0.15, 0.2) is 97.1 Å². The van der Waals surface area contributed by atoms with Crippen LogP contribution in [0.25, 0.3) is 0 Å². The van der Waals surface area contributed by atoms with Crippen LogP contribution in [0.1, 0.15) is 47.9 Å². The zero-order chi connectivity index (χ0) is 39.1. The summed E-state index contributed by atoms with van der Waals surface area (Å²) in [4.78, 5) is 50.2. The Morgan fingerprint density at radius 2 is 0.830 bits per heavy atom. The Balaban J connectivity index is 0.000000210. The first-order valence-corrected chi connectivity index (χ1v) is 18.7. The van der Waals surface area contributed by atoms with Crippen LogP contribution in [0, 0.1) is 0 Å². The molecule has 0 saturated carbocycles. The Morgan fingerprint density at radius 1 is 0.604 bits per heavy atom. The van der Waals surface area contributed by atoms with Crippen LogP contribution in [0.3, 0.4) is 0 Å². The van der Waals surface area contributed by atoms with Crippen LogP contribution in [-0.2, 0) is 23.6 Å². The quantitative estimate of drug-likeness (QED) is 0.149. The van der Waals surface area contributed by atoms with E-state index in [0.29, 0.717) is 0 Å². The highest BCUT2D eigenvalue weighted by atomic mass is 31.2. The number of ether oxygens (including phenoxy) is 4. The molecule has 0 fully saturated rings. The maximum atomic E-state index is 12.9. The van der Waals surface area contributed by atoms with Crippen molar-refractivity contribution in [2.24, 2.45) is 0 Å². The van der Waals surface area contributed by atoms with E-state index in [2.05, 4.69) is 42.3 Å². The number of rotatable bonds is 8. The summed E-state index contributed by atoms with van der Waals surface area (Å²) < 4.78 is 33.6. The number of carbonyl (C=O) groups is 2. The molecule has 0 spiro atoms. The van der Waals surface area contributed by atoms with Gasteiger partial charge >= 0.3 is 11.9 Å². The largest absolute Gasteiger partial charge is 0.790 e. The molecule has 13 heteroatoms. The number of carbonyl (C=O) groups excluding carboxylic acids is 2. The minimum Gasteiger partial charge on any atom is -0.790 e. The zero-order valence-electron chi connectivity index (χ0n) is 31.4. The molecule has 2 heterocycles. The van der Waals surface area contributed by atoms with Gasteiger partial charge in [0.15, 0.2) is 0 Å². The summed E-state index contributed by atoms with van der Waals surface area (Å²) in [6.07, 6.45) is -0.306. The standard InChI is InChI=1S/2C20H24NO3.H3O4P/c2*1-14(13-21(2,3)4)23-20(22)19-15-9-5-7-11-17(15)24-18-12-8-6-10-16(18)19;1-5(2,3)4/h2*5-12,14,19H,13H2,1-4H3;(H3,1,2,3,4)/q2*+1;/p-2. The first-order chi connectivity index (χ1) is 24.7. The minimum atomic E-state index is -5.14. The second kappa shape index (κ2) is 17.1. The van der Waals surface area contributed by atoms with Crippen molar-refractivity contribution < 1.29 is 56.7 Å². The van der Waals surface area contributed by atoms with E-state index in [9.17, 15) is 9.59 Å². The molecule has 2 unspecified atom stereocenters. The fourth-order valence-electron chi connectivity index (χ4n) is 6.48. The predicted octanol–water partition coefficient (Wildman–Crippen LogP) is 4.93. The molecule has 0 saturated heterocycles. The Kier molecular flexibility index (Phi) is 13.3. The Bertz CT molecular complexity index is 1700. The lowest BCUT2D eigenvalue weighted by Gasteiger charge is -2.30. The van der Waals surface area contributed by atoms with Crippen LogP contribution in [0.5, 0.6) is 23.0 Å². The van der Waals surface area contributed by atoms with E-state index < -0.39 is 19.7 Å². The molecule has 1 N–H and O–H groups in total. The molecule has 2 aliphatic rings. The van der Waals surface area contributed by atoms with Gasteiger partial charge in [0.05, 0.1) is 50.1 Å². The summed E-state index contributed by atoms with van der Waals surface area (Å²) in [5.74, 6) is 1.55. The van der Waals surface area contributed by atoms with E-state index in [4.69, 9.17) is 38.2 Å². The minimum absolute atomic E-state index is 0.153. The molecule has 284 valence electrons. The average Bonchev–Trinajstić information content (AvgIpc) is 3.03. The van der Waals surface area contributed by atoms with Crippen molar-refractivity contribution in [2.75, 3.05) is 55.4 Å². The third kappa shape index (κ3) is 12.3. The SMILES string of the molecule is CC(C[N+](C)(C)C)OC(=O)C1c2ccccc2Oc2ccccc21.CC(C[N+](C)(C)C)OC(=O)C1c2ccccc2Oc2ccccc21.O=P([O-])([O-])O. The molecule has 53 heavy (non-hydrogen) atoms. The smallest absolute Gasteiger partial charge is 0.318 e. The van der Waals surface area contributed by atoms with Crippen LogP contribution in [0.4, 0.5) is 0 Å². The molecular weight excluding hydrogens is 699 g/mol. The van der Waals surface area contributed by atoms with Gasteiger partial charge in [-0.3, -0.25) is 9.59 Å². The topological polar surface area (TPSA) is 154 Å². The molecule has 6 rings (SSSR count). The average molecular weight is 749 g/mol. The van der Waals surface area contributed by atoms with Gasteiger partial charge in [0, 0.05) is 22.3 Å². The molecular formula is C40H49N2O10P. The number of benzene rings is 4. The van der Waals surface area contributed by atoms with Crippen molar-refractivity contribution >= 4 is 19.8 Å². The van der Waals surface area contributed by atoms with Crippen LogP contribution in [-0.4, -0.2) is 93.4 Å². The van der Waals surface area contributed by atoms with Gasteiger partial charge in [0.25, 0.3) is 0 Å².